The number of aryl methyl sites for hydroxylation is 1. The molecule has 0 fully saturated rings. The summed E-state index contributed by atoms with van der Waals surface area (Å²) in [5, 5.41) is 1.44. The number of unbranched alkanes of at least 4 members (excludes halogenated alkanes) is 5. The fraction of sp³-hybridized carbons (Fsp3) is 0.323. The Balaban J connectivity index is 1.14. The fourth-order valence-electron chi connectivity index (χ4n) is 4.35. The van der Waals surface area contributed by atoms with Gasteiger partial charge in [0.25, 0.3) is 11.1 Å². The van der Waals surface area contributed by atoms with Crippen molar-refractivity contribution in [2.75, 3.05) is 5.75 Å². The van der Waals surface area contributed by atoms with E-state index < -0.39 is 0 Å². The number of nitrogens with one attached hydrogen (secondary N) is 1. The van der Waals surface area contributed by atoms with Crippen molar-refractivity contribution in [3.05, 3.63) is 127 Å². The second kappa shape index (κ2) is 14.7. The van der Waals surface area contributed by atoms with Crippen molar-refractivity contribution >= 4 is 23.4 Å². The lowest BCUT2D eigenvalue weighted by Crippen LogP contribution is -2.21. The first-order chi connectivity index (χ1) is 18.6. The molecular weight excluding hydrogens is 514 g/mol. The predicted octanol–water partition coefficient (Wildman–Crippen LogP) is 6.90. The maximum absolute atomic E-state index is 12.6. The highest BCUT2D eigenvalue weighted by Crippen LogP contribution is 2.17. The average molecular weight is 548 g/mol. The molecule has 0 saturated carbocycles. The lowest BCUT2D eigenvalue weighted by molar-refractivity contribution is 0.609. The number of halogens is 1. The fourth-order valence-corrected chi connectivity index (χ4v) is 5.31. The van der Waals surface area contributed by atoms with E-state index in [4.69, 9.17) is 11.6 Å². The van der Waals surface area contributed by atoms with E-state index in [1.807, 2.05) is 48.5 Å². The number of H-pyrrole nitrogens is 1. The highest BCUT2D eigenvalue weighted by Gasteiger charge is 2.07. The summed E-state index contributed by atoms with van der Waals surface area (Å²) in [7, 11) is 0. The van der Waals surface area contributed by atoms with Gasteiger partial charge in [-0.1, -0.05) is 91.5 Å². The summed E-state index contributed by atoms with van der Waals surface area (Å²) >= 11 is 7.53. The van der Waals surface area contributed by atoms with Gasteiger partial charge in [0, 0.05) is 41.2 Å². The second-order valence-electron chi connectivity index (χ2n) is 9.55. The molecule has 1 N–H and O–H groups in total. The summed E-state index contributed by atoms with van der Waals surface area (Å²) in [6, 6.07) is 21.5. The molecule has 38 heavy (non-hydrogen) atoms. The molecule has 4 rings (SSSR count). The van der Waals surface area contributed by atoms with Crippen LogP contribution in [0.4, 0.5) is 0 Å². The molecule has 2 aromatic heterocycles. The molecule has 2 aromatic carbocycles. The first kappa shape index (κ1) is 27.9. The van der Waals surface area contributed by atoms with Crippen LogP contribution in [-0.4, -0.2) is 20.3 Å². The molecule has 7 heteroatoms. The third-order valence-corrected chi connectivity index (χ3v) is 7.74. The Hall–Kier alpha value is -3.09. The van der Waals surface area contributed by atoms with E-state index in [0.717, 1.165) is 34.7 Å². The lowest BCUT2D eigenvalue weighted by atomic mass is 10.1. The third-order valence-electron chi connectivity index (χ3n) is 6.51. The van der Waals surface area contributed by atoms with Gasteiger partial charge in [0.15, 0.2) is 5.16 Å². The van der Waals surface area contributed by atoms with E-state index in [1.165, 1.54) is 37.7 Å². The maximum Gasteiger partial charge on any atom is 0.255 e. The van der Waals surface area contributed by atoms with Crippen LogP contribution in [0.2, 0.25) is 5.02 Å². The van der Waals surface area contributed by atoms with Crippen molar-refractivity contribution in [1.82, 2.24) is 14.5 Å². The Kier molecular flexibility index (Phi) is 10.8. The number of benzene rings is 2. The van der Waals surface area contributed by atoms with E-state index in [2.05, 4.69) is 22.1 Å². The smallest absolute Gasteiger partial charge is 0.255 e. The van der Waals surface area contributed by atoms with Gasteiger partial charge in [0.05, 0.1) is 6.54 Å². The minimum Gasteiger partial charge on any atom is -0.311 e. The second-order valence-corrected chi connectivity index (χ2v) is 11.1. The maximum atomic E-state index is 12.6. The molecular formula is C31H34ClN3O2S. The van der Waals surface area contributed by atoms with Gasteiger partial charge in [-0.2, -0.15) is 0 Å². The summed E-state index contributed by atoms with van der Waals surface area (Å²) in [5.74, 6) is 0.937. The molecule has 0 amide bonds. The third kappa shape index (κ3) is 9.03. The van der Waals surface area contributed by atoms with Crippen LogP contribution in [0.25, 0.3) is 0 Å². The van der Waals surface area contributed by atoms with Gasteiger partial charge in [-0.25, -0.2) is 4.98 Å². The molecule has 4 aromatic rings. The van der Waals surface area contributed by atoms with Crippen molar-refractivity contribution < 1.29 is 0 Å². The number of hydrogen-bond donors (Lipinski definition) is 1. The number of nitrogens with zero attached hydrogens (tertiary/aromatic N) is 2. The molecule has 0 bridgehead atoms. The van der Waals surface area contributed by atoms with Crippen molar-refractivity contribution in [3.8, 4) is 0 Å². The minimum absolute atomic E-state index is 0.0792. The zero-order chi connectivity index (χ0) is 26.6. The molecule has 0 saturated heterocycles. The van der Waals surface area contributed by atoms with Crippen LogP contribution in [-0.2, 0) is 19.4 Å². The van der Waals surface area contributed by atoms with E-state index in [9.17, 15) is 9.59 Å². The predicted molar refractivity (Wildman–Crippen MR) is 157 cm³/mol. The van der Waals surface area contributed by atoms with Gasteiger partial charge >= 0.3 is 0 Å². The quantitative estimate of drug-likeness (QED) is 0.106. The van der Waals surface area contributed by atoms with Gasteiger partial charge in [-0.3, -0.25) is 9.59 Å². The van der Waals surface area contributed by atoms with E-state index in [0.29, 0.717) is 23.7 Å². The topological polar surface area (TPSA) is 67.8 Å². The lowest BCUT2D eigenvalue weighted by Gasteiger charge is -2.08. The minimum atomic E-state index is -0.142. The molecule has 0 aliphatic heterocycles. The summed E-state index contributed by atoms with van der Waals surface area (Å²) in [4.78, 5) is 32.5. The molecule has 2 heterocycles. The Labute approximate surface area is 233 Å². The molecule has 0 aliphatic carbocycles. The van der Waals surface area contributed by atoms with Gasteiger partial charge in [-0.05, 0) is 54.2 Å². The molecule has 0 atom stereocenters. The van der Waals surface area contributed by atoms with Crippen molar-refractivity contribution in [3.63, 3.8) is 0 Å². The van der Waals surface area contributed by atoms with Crippen LogP contribution in [0.1, 0.15) is 60.8 Å². The van der Waals surface area contributed by atoms with E-state index >= 15 is 0 Å². The SMILES string of the molecule is O=c1[nH]c(SCCCCCCCCc2ccc(Cl)cc2)ncc1Cc1ccn(Cc2ccccc2)c(=O)c1. The molecule has 0 spiro atoms. The van der Waals surface area contributed by atoms with Gasteiger partial charge in [-0.15, -0.1) is 0 Å². The zero-order valence-corrected chi connectivity index (χ0v) is 23.1. The number of aromatic amines is 1. The van der Waals surface area contributed by atoms with Crippen LogP contribution >= 0.6 is 23.4 Å². The number of thioether (sulfide) groups is 1. The Morgan fingerprint density at radius 2 is 1.55 bits per heavy atom. The van der Waals surface area contributed by atoms with Crippen LogP contribution in [0.5, 0.6) is 0 Å². The van der Waals surface area contributed by atoms with Gasteiger partial charge < -0.3 is 9.55 Å². The number of aromatic nitrogens is 3. The molecule has 5 nitrogen and oxygen atoms in total. The van der Waals surface area contributed by atoms with Crippen molar-refractivity contribution in [2.45, 2.75) is 63.1 Å². The standard InChI is InChI=1S/C31H34ClN3O2S/c32-28-15-13-24(14-16-28)10-6-3-1-2-4-9-19-38-31-33-22-27(30(37)34-31)20-26-17-18-35(29(36)21-26)23-25-11-7-5-8-12-25/h5,7-8,11-18,21-22H,1-4,6,9-10,19-20,23H2,(H,33,34,37). The summed E-state index contributed by atoms with van der Waals surface area (Å²) in [5.41, 5.74) is 3.57. The molecule has 0 unspecified atom stereocenters. The van der Waals surface area contributed by atoms with Crippen LogP contribution in [0, 0.1) is 0 Å². The summed E-state index contributed by atoms with van der Waals surface area (Å²) in [6.45, 7) is 0.526. The normalized spacial score (nSPS) is 11.1. The molecule has 0 aliphatic rings. The highest BCUT2D eigenvalue weighted by molar-refractivity contribution is 7.99. The average Bonchev–Trinajstić information content (AvgIpc) is 2.92. The number of pyridine rings is 1. The van der Waals surface area contributed by atoms with Crippen LogP contribution < -0.4 is 11.1 Å². The van der Waals surface area contributed by atoms with Crippen LogP contribution in [0.15, 0.2) is 93.9 Å². The zero-order valence-electron chi connectivity index (χ0n) is 21.6. The van der Waals surface area contributed by atoms with Gasteiger partial charge in [0.1, 0.15) is 0 Å². The Morgan fingerprint density at radius 1 is 0.816 bits per heavy atom. The van der Waals surface area contributed by atoms with Crippen molar-refractivity contribution in [2.24, 2.45) is 0 Å². The summed E-state index contributed by atoms with van der Waals surface area (Å²) < 4.78 is 1.67. The Morgan fingerprint density at radius 3 is 2.29 bits per heavy atom. The first-order valence-corrected chi connectivity index (χ1v) is 14.6. The number of rotatable bonds is 14. The first-order valence-electron chi connectivity index (χ1n) is 13.3. The number of hydrogen-bond acceptors (Lipinski definition) is 4. The van der Waals surface area contributed by atoms with Gasteiger partial charge in [0.2, 0.25) is 0 Å². The van der Waals surface area contributed by atoms with Crippen LogP contribution in [0.3, 0.4) is 0 Å². The Bertz CT molecular complexity index is 1400. The molecule has 198 valence electrons. The summed E-state index contributed by atoms with van der Waals surface area (Å²) in [6.07, 6.45) is 12.1. The van der Waals surface area contributed by atoms with Crippen molar-refractivity contribution in [1.29, 1.82) is 0 Å². The van der Waals surface area contributed by atoms with E-state index in [-0.39, 0.29) is 11.1 Å². The molecule has 0 radical (unpaired) electrons. The highest BCUT2D eigenvalue weighted by atomic mass is 35.5. The van der Waals surface area contributed by atoms with E-state index in [1.54, 1.807) is 34.8 Å². The monoisotopic (exact) mass is 547 g/mol. The largest absolute Gasteiger partial charge is 0.311 e.